The van der Waals surface area contributed by atoms with Crippen LogP contribution in [-0.4, -0.2) is 63.3 Å². The van der Waals surface area contributed by atoms with Gasteiger partial charge in [0.2, 0.25) is 11.5 Å². The maximum absolute atomic E-state index is 13.2. The van der Waals surface area contributed by atoms with E-state index in [1.54, 1.807) is 30.3 Å². The molecule has 3 aromatic rings. The van der Waals surface area contributed by atoms with E-state index in [1.165, 1.54) is 27.0 Å². The first-order valence-corrected chi connectivity index (χ1v) is 12.1. The van der Waals surface area contributed by atoms with Crippen molar-refractivity contribution in [1.82, 2.24) is 4.90 Å². The molecule has 0 saturated carbocycles. The Bertz CT molecular complexity index is 1300. The molecule has 5 rings (SSSR count). The molecule has 0 aromatic heterocycles. The molecule has 0 unspecified atom stereocenters. The Kier molecular flexibility index (Phi) is 6.92. The molecule has 8 heteroatoms. The number of ketones is 1. The van der Waals surface area contributed by atoms with Gasteiger partial charge < -0.3 is 29.0 Å². The number of nitrogens with zero attached hydrogens (tertiary/aromatic N) is 2. The van der Waals surface area contributed by atoms with Crippen LogP contribution in [0.5, 0.6) is 28.7 Å². The fourth-order valence-corrected chi connectivity index (χ4v) is 4.81. The van der Waals surface area contributed by atoms with Gasteiger partial charge in [-0.2, -0.15) is 0 Å². The molecule has 0 atom stereocenters. The van der Waals surface area contributed by atoms with E-state index >= 15 is 0 Å². The average molecular weight is 503 g/mol. The highest BCUT2D eigenvalue weighted by Crippen LogP contribution is 2.42. The Labute approximate surface area is 216 Å². The summed E-state index contributed by atoms with van der Waals surface area (Å²) in [6.07, 6.45) is 1.65. The molecule has 1 saturated heterocycles. The predicted molar refractivity (Wildman–Crippen MR) is 141 cm³/mol. The van der Waals surface area contributed by atoms with Gasteiger partial charge in [-0.25, -0.2) is 0 Å². The molecule has 0 aliphatic carbocycles. The summed E-state index contributed by atoms with van der Waals surface area (Å²) in [6, 6.07) is 17.0. The molecule has 1 N–H and O–H groups in total. The number of hydrogen-bond donors (Lipinski definition) is 1. The second kappa shape index (κ2) is 10.4. The summed E-state index contributed by atoms with van der Waals surface area (Å²) < 4.78 is 22.3. The summed E-state index contributed by atoms with van der Waals surface area (Å²) in [6.45, 7) is 3.92. The molecular formula is C29H30N2O6. The number of piperazine rings is 1. The Morgan fingerprint density at radius 3 is 2.22 bits per heavy atom. The largest absolute Gasteiger partial charge is 0.507 e. The lowest BCUT2D eigenvalue weighted by molar-refractivity contribution is 0.101. The van der Waals surface area contributed by atoms with Gasteiger partial charge in [0.25, 0.3) is 0 Å². The number of hydrogen-bond acceptors (Lipinski definition) is 8. The van der Waals surface area contributed by atoms with Crippen molar-refractivity contribution < 1.29 is 28.8 Å². The number of aromatic hydroxyl groups is 1. The standard InChI is InChI=1S/C29H30N2O6/c1-34-25-16-19(17-26(35-2)29(25)36-3)15-24-27(33)21-9-10-23(32)22(28(21)37-24)18-30-11-13-31(14-12-30)20-7-5-4-6-8-20/h4-10,15-17,32H,11-14,18H2,1-3H3/b24-15+. The lowest BCUT2D eigenvalue weighted by Gasteiger charge is -2.36. The van der Waals surface area contributed by atoms with E-state index in [1.807, 2.05) is 18.2 Å². The van der Waals surface area contributed by atoms with Crippen molar-refractivity contribution in [1.29, 1.82) is 0 Å². The summed E-state index contributed by atoms with van der Waals surface area (Å²) >= 11 is 0. The van der Waals surface area contributed by atoms with Crippen LogP contribution >= 0.6 is 0 Å². The Balaban J connectivity index is 1.37. The highest BCUT2D eigenvalue weighted by Gasteiger charge is 2.32. The minimum atomic E-state index is -0.237. The third kappa shape index (κ3) is 4.80. The molecule has 0 amide bonds. The number of methoxy groups -OCH3 is 3. The number of Topliss-reactive ketones (excluding diaryl/α,β-unsaturated/α-hetero) is 1. The Morgan fingerprint density at radius 1 is 0.919 bits per heavy atom. The molecule has 37 heavy (non-hydrogen) atoms. The van der Waals surface area contributed by atoms with Crippen LogP contribution in [0.3, 0.4) is 0 Å². The Morgan fingerprint density at radius 2 is 1.59 bits per heavy atom. The zero-order chi connectivity index (χ0) is 25.9. The molecule has 3 aromatic carbocycles. The number of phenols is 1. The maximum atomic E-state index is 13.2. The van der Waals surface area contributed by atoms with E-state index in [0.717, 1.165) is 26.2 Å². The quantitative estimate of drug-likeness (QED) is 0.478. The molecule has 2 aliphatic rings. The fraction of sp³-hybridized carbons (Fsp3) is 0.276. The van der Waals surface area contributed by atoms with Crippen molar-refractivity contribution in [2.75, 3.05) is 52.4 Å². The van der Waals surface area contributed by atoms with Gasteiger partial charge >= 0.3 is 0 Å². The highest BCUT2D eigenvalue weighted by molar-refractivity contribution is 6.15. The first-order chi connectivity index (χ1) is 18.0. The van der Waals surface area contributed by atoms with Gasteiger partial charge in [-0.05, 0) is 48.0 Å². The molecule has 192 valence electrons. The van der Waals surface area contributed by atoms with Crippen LogP contribution in [-0.2, 0) is 6.54 Å². The van der Waals surface area contributed by atoms with Crippen molar-refractivity contribution in [3.8, 4) is 28.7 Å². The Hall–Kier alpha value is -4.17. The number of phenolic OH excluding ortho intramolecular Hbond substituents is 1. The van der Waals surface area contributed by atoms with Gasteiger partial charge in [0, 0.05) is 38.4 Å². The summed E-state index contributed by atoms with van der Waals surface area (Å²) in [5.41, 5.74) is 2.93. The number of ether oxygens (including phenoxy) is 4. The SMILES string of the molecule is COc1cc(/C=C2/Oc3c(ccc(O)c3CN3CCN(c4ccccc4)CC3)C2=O)cc(OC)c1OC. The van der Waals surface area contributed by atoms with E-state index in [4.69, 9.17) is 18.9 Å². The highest BCUT2D eigenvalue weighted by atomic mass is 16.5. The van der Waals surface area contributed by atoms with E-state index in [-0.39, 0.29) is 17.3 Å². The van der Waals surface area contributed by atoms with Gasteiger partial charge in [-0.15, -0.1) is 0 Å². The molecule has 0 radical (unpaired) electrons. The van der Waals surface area contributed by atoms with E-state index < -0.39 is 0 Å². The van der Waals surface area contributed by atoms with E-state index in [0.29, 0.717) is 46.2 Å². The molecule has 2 aliphatic heterocycles. The van der Waals surface area contributed by atoms with Crippen molar-refractivity contribution in [3.63, 3.8) is 0 Å². The third-order valence-corrected chi connectivity index (χ3v) is 6.78. The van der Waals surface area contributed by atoms with E-state index in [9.17, 15) is 9.90 Å². The van der Waals surface area contributed by atoms with Gasteiger partial charge in [-0.3, -0.25) is 9.69 Å². The molecule has 0 bridgehead atoms. The van der Waals surface area contributed by atoms with Crippen molar-refractivity contribution >= 4 is 17.5 Å². The molecule has 2 heterocycles. The first-order valence-electron chi connectivity index (χ1n) is 12.1. The lowest BCUT2D eigenvalue weighted by atomic mass is 10.0. The topological polar surface area (TPSA) is 80.7 Å². The van der Waals surface area contributed by atoms with Crippen LogP contribution in [0.25, 0.3) is 6.08 Å². The molecule has 0 spiro atoms. The summed E-state index contributed by atoms with van der Waals surface area (Å²) in [4.78, 5) is 17.8. The zero-order valence-electron chi connectivity index (χ0n) is 21.2. The van der Waals surface area contributed by atoms with E-state index in [2.05, 4.69) is 21.9 Å². The van der Waals surface area contributed by atoms with Crippen LogP contribution < -0.4 is 23.8 Å². The minimum Gasteiger partial charge on any atom is -0.507 e. The van der Waals surface area contributed by atoms with Crippen molar-refractivity contribution in [3.05, 3.63) is 77.0 Å². The number of para-hydroxylation sites is 1. The summed E-state index contributed by atoms with van der Waals surface area (Å²) in [5, 5.41) is 10.7. The maximum Gasteiger partial charge on any atom is 0.231 e. The smallest absolute Gasteiger partial charge is 0.231 e. The predicted octanol–water partition coefficient (Wildman–Crippen LogP) is 4.36. The monoisotopic (exact) mass is 502 g/mol. The second-order valence-electron chi connectivity index (χ2n) is 8.94. The zero-order valence-corrected chi connectivity index (χ0v) is 21.2. The molecule has 1 fully saturated rings. The fourth-order valence-electron chi connectivity index (χ4n) is 4.81. The van der Waals surface area contributed by atoms with Crippen LogP contribution in [0.15, 0.2) is 60.4 Å². The van der Waals surface area contributed by atoms with Crippen LogP contribution in [0, 0.1) is 0 Å². The number of benzene rings is 3. The van der Waals surface area contributed by atoms with Gasteiger partial charge in [-0.1, -0.05) is 18.2 Å². The number of allylic oxidation sites excluding steroid dienone is 1. The number of anilines is 1. The number of fused-ring (bicyclic) bond motifs is 1. The summed E-state index contributed by atoms with van der Waals surface area (Å²) in [5.74, 6) is 1.88. The number of carbonyl (C=O) groups is 1. The van der Waals surface area contributed by atoms with Crippen LogP contribution in [0.1, 0.15) is 21.5 Å². The molecular weight excluding hydrogens is 472 g/mol. The van der Waals surface area contributed by atoms with Gasteiger partial charge in [0.1, 0.15) is 11.5 Å². The number of rotatable bonds is 7. The van der Waals surface area contributed by atoms with Crippen molar-refractivity contribution in [2.24, 2.45) is 0 Å². The normalized spacial score (nSPS) is 16.5. The van der Waals surface area contributed by atoms with Crippen molar-refractivity contribution in [2.45, 2.75) is 6.54 Å². The number of carbonyl (C=O) groups excluding carboxylic acids is 1. The van der Waals surface area contributed by atoms with Gasteiger partial charge in [0.15, 0.2) is 17.3 Å². The summed E-state index contributed by atoms with van der Waals surface area (Å²) in [7, 11) is 4.61. The average Bonchev–Trinajstić information content (AvgIpc) is 3.25. The van der Waals surface area contributed by atoms with Crippen LogP contribution in [0.4, 0.5) is 5.69 Å². The molecule has 8 nitrogen and oxygen atoms in total. The van der Waals surface area contributed by atoms with Gasteiger partial charge in [0.05, 0.1) is 32.5 Å². The van der Waals surface area contributed by atoms with Crippen LogP contribution in [0.2, 0.25) is 0 Å². The second-order valence-corrected chi connectivity index (χ2v) is 8.94. The minimum absolute atomic E-state index is 0.117. The lowest BCUT2D eigenvalue weighted by Crippen LogP contribution is -2.46. The first kappa shape index (κ1) is 24.5. The third-order valence-electron chi connectivity index (χ3n) is 6.78.